The van der Waals surface area contributed by atoms with Crippen molar-refractivity contribution in [2.45, 2.75) is 13.3 Å². The van der Waals surface area contributed by atoms with Gasteiger partial charge < -0.3 is 4.74 Å². The predicted octanol–water partition coefficient (Wildman–Crippen LogP) is 3.06. The predicted molar refractivity (Wildman–Crippen MR) is 97.0 cm³/mol. The van der Waals surface area contributed by atoms with E-state index in [4.69, 9.17) is 4.74 Å². The largest absolute Gasteiger partial charge is 0.487 e. The Hall–Kier alpha value is -3.82. The molecule has 0 radical (unpaired) electrons. The van der Waals surface area contributed by atoms with Gasteiger partial charge in [0.1, 0.15) is 0 Å². The fourth-order valence-corrected chi connectivity index (χ4v) is 2.06. The molecule has 0 unspecified atom stereocenters. The van der Waals surface area contributed by atoms with E-state index in [-0.39, 0.29) is 22.7 Å². The number of hydrazone groups is 1. The number of hydrogen-bond donors (Lipinski definition) is 1. The average molecular weight is 372 g/mol. The summed E-state index contributed by atoms with van der Waals surface area (Å²) in [4.78, 5) is 32.6. The highest BCUT2D eigenvalue weighted by molar-refractivity contribution is 5.95. The van der Waals surface area contributed by atoms with Crippen LogP contribution in [-0.2, 0) is 0 Å². The Morgan fingerprint density at radius 2 is 1.85 bits per heavy atom. The van der Waals surface area contributed by atoms with Crippen molar-refractivity contribution in [3.05, 3.63) is 73.8 Å². The molecule has 0 aliphatic rings. The number of nitrogens with one attached hydrogen (secondary N) is 1. The van der Waals surface area contributed by atoms with Crippen molar-refractivity contribution < 1.29 is 19.4 Å². The van der Waals surface area contributed by atoms with Crippen LogP contribution in [-0.4, -0.2) is 28.6 Å². The summed E-state index contributed by atoms with van der Waals surface area (Å²) in [6.07, 6.45) is 1.97. The van der Waals surface area contributed by atoms with Crippen LogP contribution in [0.15, 0.2) is 47.6 Å². The van der Waals surface area contributed by atoms with Crippen molar-refractivity contribution in [1.29, 1.82) is 0 Å². The van der Waals surface area contributed by atoms with Gasteiger partial charge in [-0.15, -0.1) is 0 Å². The molecule has 0 aliphatic heterocycles. The van der Waals surface area contributed by atoms with Crippen molar-refractivity contribution in [2.24, 2.45) is 5.10 Å². The molecular weight excluding hydrogens is 356 g/mol. The van der Waals surface area contributed by atoms with Gasteiger partial charge in [-0.3, -0.25) is 25.0 Å². The number of carbonyl (C=O) groups excluding carboxylic acids is 1. The summed E-state index contributed by atoms with van der Waals surface area (Å²) < 4.78 is 5.33. The fraction of sp³-hybridized carbons (Fsp3) is 0.176. The van der Waals surface area contributed by atoms with Crippen LogP contribution in [0.3, 0.4) is 0 Å². The summed E-state index contributed by atoms with van der Waals surface area (Å²) >= 11 is 0. The van der Waals surface area contributed by atoms with Gasteiger partial charge in [0, 0.05) is 29.3 Å². The maximum absolute atomic E-state index is 11.9. The number of nitro groups is 2. The number of nitrogens with zero attached hydrogens (tertiary/aromatic N) is 3. The Bertz CT molecular complexity index is 879. The zero-order chi connectivity index (χ0) is 19.8. The third kappa shape index (κ3) is 5.33. The Kier molecular flexibility index (Phi) is 6.53. The number of nitro benzene ring substituents is 2. The molecule has 27 heavy (non-hydrogen) atoms. The lowest BCUT2D eigenvalue weighted by Crippen LogP contribution is -2.17. The molecule has 0 saturated carbocycles. The molecule has 0 aliphatic carbocycles. The zero-order valence-corrected chi connectivity index (χ0v) is 14.3. The fourth-order valence-electron chi connectivity index (χ4n) is 2.06. The van der Waals surface area contributed by atoms with Crippen LogP contribution in [0.1, 0.15) is 29.3 Å². The molecule has 2 aromatic carbocycles. The van der Waals surface area contributed by atoms with Gasteiger partial charge in [0.2, 0.25) is 0 Å². The lowest BCUT2D eigenvalue weighted by atomic mass is 10.2. The Morgan fingerprint density at radius 3 is 2.44 bits per heavy atom. The number of hydrogen-bond acceptors (Lipinski definition) is 7. The molecule has 0 spiro atoms. The maximum Gasteiger partial charge on any atom is 0.311 e. The normalized spacial score (nSPS) is 10.6. The SMILES string of the molecule is CCCOc1ccc(/C=N/NC(=O)c2ccc([N+](=O)[O-])cc2)cc1[N+](=O)[O-]. The first-order valence-electron chi connectivity index (χ1n) is 7.91. The highest BCUT2D eigenvalue weighted by atomic mass is 16.6. The summed E-state index contributed by atoms with van der Waals surface area (Å²) in [7, 11) is 0. The summed E-state index contributed by atoms with van der Waals surface area (Å²) in [6, 6.07) is 9.33. The molecule has 10 nitrogen and oxygen atoms in total. The second kappa shape index (κ2) is 9.04. The molecule has 2 rings (SSSR count). The van der Waals surface area contributed by atoms with Crippen LogP contribution in [0.5, 0.6) is 5.75 Å². The van der Waals surface area contributed by atoms with Gasteiger partial charge in [-0.05, 0) is 30.7 Å². The van der Waals surface area contributed by atoms with Crippen molar-refractivity contribution >= 4 is 23.5 Å². The minimum Gasteiger partial charge on any atom is -0.487 e. The first-order valence-corrected chi connectivity index (χ1v) is 7.91. The number of benzene rings is 2. The molecule has 0 heterocycles. The van der Waals surface area contributed by atoms with E-state index in [2.05, 4.69) is 10.5 Å². The summed E-state index contributed by atoms with van der Waals surface area (Å²) in [6.45, 7) is 2.25. The topological polar surface area (TPSA) is 137 Å². The van der Waals surface area contributed by atoms with Gasteiger partial charge >= 0.3 is 5.69 Å². The van der Waals surface area contributed by atoms with Crippen LogP contribution >= 0.6 is 0 Å². The van der Waals surface area contributed by atoms with E-state index in [1.54, 1.807) is 6.07 Å². The van der Waals surface area contributed by atoms with E-state index in [0.29, 0.717) is 12.2 Å². The number of carbonyl (C=O) groups is 1. The van der Waals surface area contributed by atoms with Crippen LogP contribution in [0, 0.1) is 20.2 Å². The molecule has 0 atom stereocenters. The minimum atomic E-state index is -0.571. The first-order chi connectivity index (χ1) is 12.9. The van der Waals surface area contributed by atoms with E-state index in [0.717, 1.165) is 6.42 Å². The third-order valence-electron chi connectivity index (χ3n) is 3.36. The van der Waals surface area contributed by atoms with Crippen LogP contribution in [0.2, 0.25) is 0 Å². The summed E-state index contributed by atoms with van der Waals surface area (Å²) in [5.41, 5.74) is 2.51. The van der Waals surface area contributed by atoms with Crippen molar-refractivity contribution in [1.82, 2.24) is 5.43 Å². The smallest absolute Gasteiger partial charge is 0.311 e. The molecule has 0 fully saturated rings. The first kappa shape index (κ1) is 19.5. The second-order valence-electron chi connectivity index (χ2n) is 5.34. The van der Waals surface area contributed by atoms with Gasteiger partial charge in [0.25, 0.3) is 11.6 Å². The average Bonchev–Trinajstić information content (AvgIpc) is 2.66. The number of rotatable bonds is 8. The van der Waals surface area contributed by atoms with Crippen LogP contribution < -0.4 is 10.2 Å². The standard InChI is InChI=1S/C17H16N4O6/c1-2-9-27-16-8-3-12(10-15(16)21(25)26)11-18-19-17(22)13-4-6-14(7-5-13)20(23)24/h3-8,10-11H,2,9H2,1H3,(H,19,22)/b18-11+. The summed E-state index contributed by atoms with van der Waals surface area (Å²) in [5.74, 6) is -0.410. The molecule has 1 N–H and O–H groups in total. The maximum atomic E-state index is 11.9. The molecule has 0 aromatic heterocycles. The van der Waals surface area contributed by atoms with Crippen LogP contribution in [0.25, 0.3) is 0 Å². The van der Waals surface area contributed by atoms with E-state index >= 15 is 0 Å². The summed E-state index contributed by atoms with van der Waals surface area (Å²) in [5, 5.41) is 25.5. The number of ether oxygens (including phenoxy) is 1. The molecule has 1 amide bonds. The Morgan fingerprint density at radius 1 is 1.15 bits per heavy atom. The lowest BCUT2D eigenvalue weighted by Gasteiger charge is -2.05. The van der Waals surface area contributed by atoms with E-state index in [9.17, 15) is 25.0 Å². The van der Waals surface area contributed by atoms with Crippen molar-refractivity contribution in [3.63, 3.8) is 0 Å². The molecule has 140 valence electrons. The van der Waals surface area contributed by atoms with Crippen LogP contribution in [0.4, 0.5) is 11.4 Å². The molecular formula is C17H16N4O6. The quantitative estimate of drug-likeness (QED) is 0.429. The van der Waals surface area contributed by atoms with Gasteiger partial charge in [-0.1, -0.05) is 6.92 Å². The van der Waals surface area contributed by atoms with Crippen molar-refractivity contribution in [3.8, 4) is 5.75 Å². The highest BCUT2D eigenvalue weighted by Crippen LogP contribution is 2.27. The van der Waals surface area contributed by atoms with E-state index in [1.165, 1.54) is 42.6 Å². The lowest BCUT2D eigenvalue weighted by molar-refractivity contribution is -0.385. The minimum absolute atomic E-state index is 0.132. The Balaban J connectivity index is 2.06. The van der Waals surface area contributed by atoms with Crippen molar-refractivity contribution in [2.75, 3.05) is 6.61 Å². The Labute approximate surface area is 153 Å². The number of non-ortho nitro benzene ring substituents is 1. The molecule has 0 saturated heterocycles. The number of amides is 1. The third-order valence-corrected chi connectivity index (χ3v) is 3.36. The van der Waals surface area contributed by atoms with Gasteiger partial charge in [0.05, 0.1) is 22.7 Å². The monoisotopic (exact) mass is 372 g/mol. The van der Waals surface area contributed by atoms with Gasteiger partial charge in [-0.2, -0.15) is 5.10 Å². The molecule has 10 heteroatoms. The second-order valence-corrected chi connectivity index (χ2v) is 5.34. The van der Waals surface area contributed by atoms with Gasteiger partial charge in [0.15, 0.2) is 5.75 Å². The molecule has 2 aromatic rings. The zero-order valence-electron chi connectivity index (χ0n) is 14.3. The van der Waals surface area contributed by atoms with E-state index < -0.39 is 15.8 Å². The van der Waals surface area contributed by atoms with Gasteiger partial charge in [-0.25, -0.2) is 5.43 Å². The highest BCUT2D eigenvalue weighted by Gasteiger charge is 2.15. The molecule has 0 bridgehead atoms. The van der Waals surface area contributed by atoms with E-state index in [1.807, 2.05) is 6.92 Å².